The van der Waals surface area contributed by atoms with E-state index in [1.165, 1.54) is 6.07 Å². The van der Waals surface area contributed by atoms with E-state index >= 15 is 0 Å². The minimum absolute atomic E-state index is 0.00424. The Morgan fingerprint density at radius 2 is 1.56 bits per heavy atom. The van der Waals surface area contributed by atoms with Crippen LogP contribution in [0.3, 0.4) is 0 Å². The maximum absolute atomic E-state index is 14.0. The summed E-state index contributed by atoms with van der Waals surface area (Å²) in [6.07, 6.45) is 1.29. The number of aliphatic hydroxyl groups is 1. The highest BCUT2D eigenvalue weighted by Gasteiger charge is 2.55. The number of aromatic hydroxyl groups is 1. The molecule has 214 valence electrons. The first-order chi connectivity index (χ1) is 19.7. The highest BCUT2D eigenvalue weighted by Crippen LogP contribution is 2.53. The van der Waals surface area contributed by atoms with Gasteiger partial charge < -0.3 is 20.8 Å². The van der Waals surface area contributed by atoms with Crippen LogP contribution in [0.2, 0.25) is 0 Å². The van der Waals surface area contributed by atoms with Crippen LogP contribution in [0.15, 0.2) is 72.8 Å². The maximum atomic E-state index is 14.0. The van der Waals surface area contributed by atoms with E-state index in [9.17, 15) is 24.6 Å². The summed E-state index contributed by atoms with van der Waals surface area (Å²) in [7, 11) is 0. The van der Waals surface area contributed by atoms with Crippen LogP contribution in [0.4, 0.5) is 0 Å². The summed E-state index contributed by atoms with van der Waals surface area (Å²) < 4.78 is 0. The number of fused-ring (bicyclic) bond motifs is 2. The predicted molar refractivity (Wildman–Crippen MR) is 156 cm³/mol. The molecule has 7 nitrogen and oxygen atoms in total. The van der Waals surface area contributed by atoms with Gasteiger partial charge in [0.15, 0.2) is 5.78 Å². The third kappa shape index (κ3) is 6.05. The molecule has 4 N–H and O–H groups in total. The maximum Gasteiger partial charge on any atom is 0.252 e. The highest BCUT2D eigenvalue weighted by molar-refractivity contribution is 5.98. The molecule has 0 aromatic heterocycles. The number of hydrogen-bond acceptors (Lipinski definition) is 5. The Hall–Kier alpha value is -3.97. The molecule has 0 heterocycles. The van der Waals surface area contributed by atoms with Crippen LogP contribution in [-0.2, 0) is 22.6 Å². The van der Waals surface area contributed by atoms with Crippen molar-refractivity contribution >= 4 is 17.6 Å². The molecule has 2 bridgehead atoms. The quantitative estimate of drug-likeness (QED) is 0.299. The first kappa shape index (κ1) is 28.6. The van der Waals surface area contributed by atoms with Crippen LogP contribution in [0.25, 0.3) is 0 Å². The number of nitrogens with one attached hydrogen (secondary N) is 2. The van der Waals surface area contributed by atoms with Crippen LogP contribution < -0.4 is 10.6 Å². The molecular weight excluding hydrogens is 516 g/mol. The number of rotatable bonds is 10. The largest absolute Gasteiger partial charge is 0.508 e. The van der Waals surface area contributed by atoms with Gasteiger partial charge in [0.05, 0.1) is 12.0 Å². The zero-order valence-electron chi connectivity index (χ0n) is 23.5. The van der Waals surface area contributed by atoms with Crippen molar-refractivity contribution < 1.29 is 24.6 Å². The van der Waals surface area contributed by atoms with Crippen molar-refractivity contribution in [2.75, 3.05) is 0 Å². The minimum atomic E-state index is -1.49. The summed E-state index contributed by atoms with van der Waals surface area (Å²) in [5.41, 5.74) is 3.67. The zero-order chi connectivity index (χ0) is 29.1. The monoisotopic (exact) mass is 554 g/mol. The molecule has 41 heavy (non-hydrogen) atoms. The number of phenolic OH excluding ortho intramolecular Hbond substituents is 1. The second-order valence-electron chi connectivity index (χ2n) is 11.6. The number of aryl methyl sites for hydroxylation is 1. The lowest BCUT2D eigenvalue weighted by atomic mass is 9.74. The molecule has 2 saturated carbocycles. The highest BCUT2D eigenvalue weighted by atomic mass is 16.3. The van der Waals surface area contributed by atoms with Gasteiger partial charge in [-0.05, 0) is 80.2 Å². The lowest BCUT2D eigenvalue weighted by Gasteiger charge is -2.33. The average Bonchev–Trinajstić information content (AvgIpc) is 3.60. The first-order valence-electron chi connectivity index (χ1n) is 14.4. The van der Waals surface area contributed by atoms with E-state index in [0.717, 1.165) is 36.0 Å². The van der Waals surface area contributed by atoms with Gasteiger partial charge in [0.25, 0.3) is 5.91 Å². The number of hydrogen-bond donors (Lipinski definition) is 4. The van der Waals surface area contributed by atoms with Gasteiger partial charge in [-0.15, -0.1) is 0 Å². The average molecular weight is 555 g/mol. The third-order valence-electron chi connectivity index (χ3n) is 9.10. The van der Waals surface area contributed by atoms with Crippen molar-refractivity contribution in [3.05, 3.63) is 101 Å². The van der Waals surface area contributed by atoms with Crippen molar-refractivity contribution in [3.63, 3.8) is 0 Å². The number of carbonyl (C=O) groups is 3. The molecule has 0 aliphatic heterocycles. The molecular formula is C34H38N2O5. The molecule has 0 spiro atoms. The Bertz CT molecular complexity index is 1420. The normalized spacial score (nSPS) is 22.6. The molecule has 0 saturated heterocycles. The molecule has 2 amide bonds. The second-order valence-corrected chi connectivity index (χ2v) is 11.6. The van der Waals surface area contributed by atoms with E-state index in [4.69, 9.17) is 0 Å². The Balaban J connectivity index is 1.36. The molecule has 2 aliphatic carbocycles. The molecule has 2 fully saturated rings. The van der Waals surface area contributed by atoms with Crippen molar-refractivity contribution in [3.8, 4) is 5.75 Å². The van der Waals surface area contributed by atoms with Crippen molar-refractivity contribution in [2.24, 2.45) is 23.7 Å². The summed E-state index contributed by atoms with van der Waals surface area (Å²) in [6.45, 7) is 4.04. The van der Waals surface area contributed by atoms with Gasteiger partial charge in [-0.2, -0.15) is 0 Å². The van der Waals surface area contributed by atoms with E-state index in [0.29, 0.717) is 12.1 Å². The fourth-order valence-electron chi connectivity index (χ4n) is 6.81. The van der Waals surface area contributed by atoms with Gasteiger partial charge >= 0.3 is 0 Å². The van der Waals surface area contributed by atoms with E-state index in [-0.39, 0.29) is 41.3 Å². The fraction of sp³-hybridized carbons (Fsp3) is 0.382. The van der Waals surface area contributed by atoms with E-state index in [2.05, 4.69) is 10.6 Å². The predicted octanol–water partition coefficient (Wildman–Crippen LogP) is 4.26. The van der Waals surface area contributed by atoms with Gasteiger partial charge in [-0.25, -0.2) is 0 Å². The lowest BCUT2D eigenvalue weighted by Crippen LogP contribution is -2.52. The molecule has 6 atom stereocenters. The summed E-state index contributed by atoms with van der Waals surface area (Å²) in [6, 6.07) is 21.0. The van der Waals surface area contributed by atoms with Crippen molar-refractivity contribution in [2.45, 2.75) is 58.2 Å². The summed E-state index contributed by atoms with van der Waals surface area (Å²) in [5.74, 6) is -1.97. The van der Waals surface area contributed by atoms with E-state index < -0.39 is 29.9 Å². The van der Waals surface area contributed by atoms with Gasteiger partial charge in [-0.3, -0.25) is 14.4 Å². The van der Waals surface area contributed by atoms with Crippen LogP contribution >= 0.6 is 0 Å². The Morgan fingerprint density at radius 3 is 2.29 bits per heavy atom. The molecule has 0 radical (unpaired) electrons. The number of aliphatic hydroxyl groups excluding tert-OH is 1. The number of Topliss-reactive ketones (excluding diaryl/α,β-unsaturated/α-hetero) is 1. The fourth-order valence-corrected chi connectivity index (χ4v) is 6.81. The third-order valence-corrected chi connectivity index (χ3v) is 9.10. The topological polar surface area (TPSA) is 116 Å². The zero-order valence-corrected chi connectivity index (χ0v) is 23.5. The molecule has 7 heteroatoms. The molecule has 2 aliphatic rings. The van der Waals surface area contributed by atoms with Crippen LogP contribution in [0.1, 0.15) is 51.9 Å². The number of benzene rings is 3. The van der Waals surface area contributed by atoms with Gasteiger partial charge in [0, 0.05) is 23.6 Å². The summed E-state index contributed by atoms with van der Waals surface area (Å²) in [4.78, 5) is 40.8. The molecule has 3 unspecified atom stereocenters. The van der Waals surface area contributed by atoms with E-state index in [1.54, 1.807) is 19.1 Å². The summed E-state index contributed by atoms with van der Waals surface area (Å²) >= 11 is 0. The van der Waals surface area contributed by atoms with Crippen LogP contribution in [0, 0.1) is 37.5 Å². The Kier molecular flexibility index (Phi) is 8.54. The molecule has 3 aromatic carbocycles. The van der Waals surface area contributed by atoms with Crippen LogP contribution in [0.5, 0.6) is 5.75 Å². The van der Waals surface area contributed by atoms with Gasteiger partial charge in [-0.1, -0.05) is 60.7 Å². The van der Waals surface area contributed by atoms with Gasteiger partial charge in [0.2, 0.25) is 5.91 Å². The second kappa shape index (κ2) is 12.3. The Morgan fingerprint density at radius 1 is 0.878 bits per heavy atom. The molecule has 3 aromatic rings. The number of amides is 2. The SMILES string of the molecule is Cc1ccccc1CNC(=O)[C@@H]1C2CCC(C2)C1C(=O)[C@@H](O)[C@H](Cc1ccccc1)NC(=O)c1cccc(O)c1C. The number of ketones is 1. The standard InChI is InChI=1S/C34H38N2O5/c1-20-9-6-7-12-25(20)19-35-34(41)30-24-16-15-23(18-24)29(30)32(39)31(38)27(17-22-10-4-3-5-11-22)36-33(40)26-13-8-14-28(37)21(26)2/h3-14,23-24,27,29-31,37-38H,15-19H2,1-2H3,(H,35,41)(H,36,40)/t23?,24?,27-,29?,30+,31-/m0/s1. The summed E-state index contributed by atoms with van der Waals surface area (Å²) in [5, 5.41) is 27.6. The van der Waals surface area contributed by atoms with Crippen LogP contribution in [-0.4, -0.2) is 40.0 Å². The Labute approximate surface area is 241 Å². The van der Waals surface area contributed by atoms with Crippen molar-refractivity contribution in [1.29, 1.82) is 0 Å². The van der Waals surface area contributed by atoms with E-state index in [1.807, 2.05) is 61.5 Å². The minimum Gasteiger partial charge on any atom is -0.508 e. The lowest BCUT2D eigenvalue weighted by molar-refractivity contribution is -0.141. The van der Waals surface area contributed by atoms with Gasteiger partial charge in [0.1, 0.15) is 11.9 Å². The first-order valence-corrected chi connectivity index (χ1v) is 14.4. The number of carbonyl (C=O) groups excluding carboxylic acids is 3. The number of phenols is 1. The van der Waals surface area contributed by atoms with Crippen molar-refractivity contribution in [1.82, 2.24) is 10.6 Å². The molecule has 5 rings (SSSR count). The smallest absolute Gasteiger partial charge is 0.252 e.